The highest BCUT2D eigenvalue weighted by molar-refractivity contribution is 6.30. The van der Waals surface area contributed by atoms with Gasteiger partial charge in [0.2, 0.25) is 0 Å². The van der Waals surface area contributed by atoms with Crippen molar-refractivity contribution in [2.45, 2.75) is 5.92 Å². The summed E-state index contributed by atoms with van der Waals surface area (Å²) >= 11 is 6.02. The molecule has 0 amide bonds. The van der Waals surface area contributed by atoms with Gasteiger partial charge in [-0.2, -0.15) is 0 Å². The highest BCUT2D eigenvalue weighted by atomic mass is 35.5. The van der Waals surface area contributed by atoms with E-state index in [1.54, 1.807) is 48.5 Å². The van der Waals surface area contributed by atoms with E-state index in [9.17, 15) is 15.0 Å². The van der Waals surface area contributed by atoms with Crippen LogP contribution in [0.4, 0.5) is 0 Å². The van der Waals surface area contributed by atoms with E-state index in [0.717, 1.165) is 0 Å². The summed E-state index contributed by atoms with van der Waals surface area (Å²) in [6, 6.07) is 17.0. The molecule has 0 saturated heterocycles. The van der Waals surface area contributed by atoms with Crippen LogP contribution >= 0.6 is 11.6 Å². The van der Waals surface area contributed by atoms with Gasteiger partial charge in [0.1, 0.15) is 17.1 Å². The molecule has 5 rings (SSSR count). The van der Waals surface area contributed by atoms with Crippen LogP contribution in [-0.4, -0.2) is 10.2 Å². The molecule has 3 aromatic carbocycles. The predicted molar refractivity (Wildman–Crippen MR) is 105 cm³/mol. The van der Waals surface area contributed by atoms with Crippen molar-refractivity contribution in [3.63, 3.8) is 0 Å². The van der Waals surface area contributed by atoms with Gasteiger partial charge in [-0.3, -0.25) is 0 Å². The van der Waals surface area contributed by atoms with Crippen LogP contribution in [0.3, 0.4) is 0 Å². The third-order valence-corrected chi connectivity index (χ3v) is 5.20. The minimum atomic E-state index is -0.691. The number of halogens is 1. The Hall–Kier alpha value is -3.44. The van der Waals surface area contributed by atoms with Gasteiger partial charge in [-0.1, -0.05) is 35.9 Å². The number of aromatic hydroxyl groups is 2. The molecule has 0 radical (unpaired) electrons. The summed E-state index contributed by atoms with van der Waals surface area (Å²) in [5.74, 6) is -0.586. The van der Waals surface area contributed by atoms with E-state index in [-0.39, 0.29) is 17.1 Å². The van der Waals surface area contributed by atoms with Crippen LogP contribution in [0.5, 0.6) is 23.0 Å². The van der Waals surface area contributed by atoms with Gasteiger partial charge in [0.05, 0.1) is 22.4 Å². The maximum absolute atomic E-state index is 12.9. The van der Waals surface area contributed by atoms with E-state index in [4.69, 9.17) is 20.8 Å². The lowest BCUT2D eigenvalue weighted by molar-refractivity contribution is 0.382. The smallest absolute Gasteiger partial charge is 0.344 e. The van der Waals surface area contributed by atoms with Crippen LogP contribution in [0.1, 0.15) is 22.6 Å². The normalized spacial score (nSPS) is 15.0. The van der Waals surface area contributed by atoms with Crippen LogP contribution in [0.25, 0.3) is 11.0 Å². The summed E-state index contributed by atoms with van der Waals surface area (Å²) in [5.41, 5.74) is 1.11. The summed E-state index contributed by atoms with van der Waals surface area (Å²) in [6.07, 6.45) is 0. The van der Waals surface area contributed by atoms with E-state index >= 15 is 0 Å². The summed E-state index contributed by atoms with van der Waals surface area (Å²) in [7, 11) is 0. The molecular formula is C22H13ClO5. The second kappa shape index (κ2) is 6.04. The molecule has 138 valence electrons. The molecule has 6 heteroatoms. The number of para-hydroxylation sites is 1. The Morgan fingerprint density at radius 1 is 0.893 bits per heavy atom. The second-order valence-corrected chi connectivity index (χ2v) is 7.00. The van der Waals surface area contributed by atoms with Gasteiger partial charge in [-0.15, -0.1) is 0 Å². The van der Waals surface area contributed by atoms with Gasteiger partial charge in [-0.25, -0.2) is 4.79 Å². The van der Waals surface area contributed by atoms with Crippen molar-refractivity contribution in [1.82, 2.24) is 0 Å². The minimum absolute atomic E-state index is 0.259. The van der Waals surface area contributed by atoms with Crippen molar-refractivity contribution in [2.24, 2.45) is 0 Å². The van der Waals surface area contributed by atoms with E-state index in [2.05, 4.69) is 0 Å². The average Bonchev–Trinajstić information content (AvgIpc) is 2.70. The summed E-state index contributed by atoms with van der Waals surface area (Å²) in [6.45, 7) is 0. The summed E-state index contributed by atoms with van der Waals surface area (Å²) in [4.78, 5) is 12.9. The Morgan fingerprint density at radius 2 is 1.64 bits per heavy atom. The first-order valence-electron chi connectivity index (χ1n) is 8.58. The fourth-order valence-corrected chi connectivity index (χ4v) is 3.81. The van der Waals surface area contributed by atoms with E-state index in [1.807, 2.05) is 6.07 Å². The second-order valence-electron chi connectivity index (χ2n) is 6.56. The van der Waals surface area contributed by atoms with Gasteiger partial charge >= 0.3 is 5.63 Å². The molecule has 1 atom stereocenters. The van der Waals surface area contributed by atoms with Crippen LogP contribution in [0, 0.1) is 0 Å². The standard InChI is InChI=1S/C22H13ClO5/c23-12-7-5-11(6-8-12)17-18-16(10-9-14(24)20(18)25)27-21-13-3-1-2-4-15(13)28-22(26)19(17)21/h1-10,17,24-25H. The molecule has 0 aliphatic carbocycles. The lowest BCUT2D eigenvalue weighted by Gasteiger charge is -2.29. The lowest BCUT2D eigenvalue weighted by atomic mass is 9.82. The number of fused-ring (bicyclic) bond motifs is 4. The van der Waals surface area contributed by atoms with Gasteiger partial charge in [0, 0.05) is 5.02 Å². The molecule has 4 aromatic rings. The SMILES string of the molecule is O=c1oc2ccccc2c2c1C(c1ccc(Cl)cc1)c1c(ccc(O)c1O)O2. The van der Waals surface area contributed by atoms with Crippen LogP contribution < -0.4 is 10.4 Å². The molecule has 1 aliphatic rings. The molecule has 0 saturated carbocycles. The van der Waals surface area contributed by atoms with Gasteiger partial charge in [-0.05, 0) is 42.0 Å². The van der Waals surface area contributed by atoms with Crippen molar-refractivity contribution in [1.29, 1.82) is 0 Å². The molecular weight excluding hydrogens is 380 g/mol. The highest BCUT2D eigenvalue weighted by Gasteiger charge is 2.36. The third-order valence-electron chi connectivity index (χ3n) is 4.95. The molecule has 1 aliphatic heterocycles. The molecule has 0 bridgehead atoms. The van der Waals surface area contributed by atoms with E-state index < -0.39 is 11.5 Å². The Labute approximate surface area is 164 Å². The monoisotopic (exact) mass is 392 g/mol. The number of benzene rings is 3. The molecule has 1 aromatic heterocycles. The number of ether oxygens (including phenoxy) is 1. The summed E-state index contributed by atoms with van der Waals surface area (Å²) < 4.78 is 11.5. The quantitative estimate of drug-likeness (QED) is 0.305. The average molecular weight is 393 g/mol. The zero-order chi connectivity index (χ0) is 19.4. The zero-order valence-electron chi connectivity index (χ0n) is 14.3. The molecule has 2 heterocycles. The first-order chi connectivity index (χ1) is 13.5. The number of phenolic OH excluding ortho intramolecular Hbond substituents is 2. The van der Waals surface area contributed by atoms with Crippen molar-refractivity contribution < 1.29 is 19.4 Å². The fourth-order valence-electron chi connectivity index (χ4n) is 3.68. The molecule has 2 N–H and O–H groups in total. The van der Waals surface area contributed by atoms with Crippen LogP contribution in [0.15, 0.2) is 69.9 Å². The molecule has 0 spiro atoms. The first kappa shape index (κ1) is 16.7. The van der Waals surface area contributed by atoms with E-state index in [1.165, 1.54) is 6.07 Å². The highest BCUT2D eigenvalue weighted by Crippen LogP contribution is 2.53. The van der Waals surface area contributed by atoms with Gasteiger partial charge < -0.3 is 19.4 Å². The minimum Gasteiger partial charge on any atom is -0.504 e. The fraction of sp³-hybridized carbons (Fsp3) is 0.0455. The Balaban J connectivity index is 1.90. The number of rotatable bonds is 1. The van der Waals surface area contributed by atoms with Crippen LogP contribution in [0.2, 0.25) is 5.02 Å². The zero-order valence-corrected chi connectivity index (χ0v) is 15.1. The van der Waals surface area contributed by atoms with Crippen LogP contribution in [-0.2, 0) is 0 Å². The Bertz CT molecular complexity index is 1290. The van der Waals surface area contributed by atoms with Crippen molar-refractivity contribution in [2.75, 3.05) is 0 Å². The van der Waals surface area contributed by atoms with E-state index in [0.29, 0.717) is 38.6 Å². The first-order valence-corrected chi connectivity index (χ1v) is 8.96. The Kier molecular flexibility index (Phi) is 3.60. The Morgan fingerprint density at radius 3 is 2.43 bits per heavy atom. The molecule has 1 unspecified atom stereocenters. The molecule has 28 heavy (non-hydrogen) atoms. The topological polar surface area (TPSA) is 79.9 Å². The number of hydrogen-bond donors (Lipinski definition) is 2. The van der Waals surface area contributed by atoms with Crippen molar-refractivity contribution in [3.05, 3.63) is 92.8 Å². The van der Waals surface area contributed by atoms with Crippen molar-refractivity contribution in [3.8, 4) is 23.0 Å². The lowest BCUT2D eigenvalue weighted by Crippen LogP contribution is -2.20. The van der Waals surface area contributed by atoms with Gasteiger partial charge in [0.25, 0.3) is 0 Å². The molecule has 5 nitrogen and oxygen atoms in total. The van der Waals surface area contributed by atoms with Crippen molar-refractivity contribution >= 4 is 22.6 Å². The molecule has 0 fully saturated rings. The summed E-state index contributed by atoms with van der Waals surface area (Å²) in [5, 5.41) is 21.8. The number of hydrogen-bond acceptors (Lipinski definition) is 5. The van der Waals surface area contributed by atoms with Gasteiger partial charge in [0.15, 0.2) is 11.5 Å². The third kappa shape index (κ3) is 2.37. The number of phenols is 2. The predicted octanol–water partition coefficient (Wildman–Crippen LogP) is 5.14. The maximum Gasteiger partial charge on any atom is 0.344 e. The maximum atomic E-state index is 12.9. The largest absolute Gasteiger partial charge is 0.504 e.